The second kappa shape index (κ2) is 4.53. The Labute approximate surface area is 108 Å². The van der Waals surface area contributed by atoms with Gasteiger partial charge in [0.15, 0.2) is 0 Å². The normalized spacial score (nSPS) is 10.7. The fourth-order valence-electron chi connectivity index (χ4n) is 2.00. The molecule has 3 rings (SSSR count). The summed E-state index contributed by atoms with van der Waals surface area (Å²) >= 11 is 0. The quantitative estimate of drug-likeness (QED) is 0.744. The van der Waals surface area contributed by atoms with Gasteiger partial charge in [-0.25, -0.2) is 4.68 Å². The molecule has 0 aliphatic rings. The fourth-order valence-corrected chi connectivity index (χ4v) is 2.00. The van der Waals surface area contributed by atoms with Gasteiger partial charge in [-0.15, -0.1) is 0 Å². The van der Waals surface area contributed by atoms with Crippen LogP contribution in [0.3, 0.4) is 0 Å². The Kier molecular flexibility index (Phi) is 2.72. The zero-order valence-corrected chi connectivity index (χ0v) is 10.0. The molecule has 0 atom stereocenters. The highest BCUT2D eigenvalue weighted by Gasteiger charge is 2.07. The van der Waals surface area contributed by atoms with E-state index in [4.69, 9.17) is 0 Å². The van der Waals surface area contributed by atoms with Crippen molar-refractivity contribution in [3.05, 3.63) is 74.9 Å². The zero-order chi connectivity index (χ0) is 13.2. The summed E-state index contributed by atoms with van der Waals surface area (Å²) in [6.45, 7) is 0.321. The monoisotopic (exact) mass is 253 g/mol. The lowest BCUT2D eigenvalue weighted by atomic mass is 10.2. The molecule has 0 fully saturated rings. The van der Waals surface area contributed by atoms with Gasteiger partial charge < -0.3 is 0 Å². The lowest BCUT2D eigenvalue weighted by Crippen LogP contribution is -2.30. The van der Waals surface area contributed by atoms with Gasteiger partial charge in [-0.3, -0.25) is 19.7 Å². The van der Waals surface area contributed by atoms with E-state index in [1.165, 1.54) is 10.9 Å². The topological polar surface area (TPSA) is 67.8 Å². The Morgan fingerprint density at radius 2 is 1.84 bits per heavy atom. The van der Waals surface area contributed by atoms with Crippen LogP contribution < -0.4 is 11.1 Å². The fraction of sp³-hybridized carbons (Fsp3) is 0.0714. The van der Waals surface area contributed by atoms with Crippen LogP contribution in [0.2, 0.25) is 0 Å². The minimum Gasteiger partial charge on any atom is -0.267 e. The van der Waals surface area contributed by atoms with Crippen LogP contribution in [0.15, 0.2) is 58.3 Å². The first kappa shape index (κ1) is 11.4. The van der Waals surface area contributed by atoms with Gasteiger partial charge in [-0.1, -0.05) is 30.3 Å². The molecular formula is C14H11N3O2. The van der Waals surface area contributed by atoms with Gasteiger partial charge in [-0.05, 0) is 17.7 Å². The van der Waals surface area contributed by atoms with Gasteiger partial charge in [0, 0.05) is 6.20 Å². The Hall–Kier alpha value is -2.69. The van der Waals surface area contributed by atoms with E-state index in [1.807, 2.05) is 30.3 Å². The number of aromatic amines is 1. The van der Waals surface area contributed by atoms with E-state index in [1.54, 1.807) is 12.1 Å². The van der Waals surface area contributed by atoms with Crippen LogP contribution in [0.1, 0.15) is 5.56 Å². The number of hydrogen-bond donors (Lipinski definition) is 1. The number of benzene rings is 1. The smallest absolute Gasteiger partial charge is 0.267 e. The lowest BCUT2D eigenvalue weighted by Gasteiger charge is -2.06. The molecule has 0 spiro atoms. The standard InChI is InChI=1S/C14H11N3O2/c18-13-11-7-4-8-15-12(11)14(19)17(16-13)9-10-5-2-1-3-6-10/h1-8H,9H2,(H,16,18). The average Bonchev–Trinajstić information content (AvgIpc) is 2.46. The second-order valence-electron chi connectivity index (χ2n) is 4.22. The molecule has 2 aromatic heterocycles. The van der Waals surface area contributed by atoms with Crippen LogP contribution in [0.4, 0.5) is 0 Å². The molecule has 5 heteroatoms. The third-order valence-corrected chi connectivity index (χ3v) is 2.92. The zero-order valence-electron chi connectivity index (χ0n) is 10.0. The summed E-state index contributed by atoms with van der Waals surface area (Å²) in [6, 6.07) is 12.7. The van der Waals surface area contributed by atoms with Gasteiger partial charge >= 0.3 is 0 Å². The first-order valence-electron chi connectivity index (χ1n) is 5.87. The summed E-state index contributed by atoms with van der Waals surface area (Å²) in [6.07, 6.45) is 1.51. The Morgan fingerprint density at radius 1 is 1.05 bits per heavy atom. The molecule has 0 aliphatic carbocycles. The molecule has 0 amide bonds. The van der Waals surface area contributed by atoms with E-state index in [0.717, 1.165) is 5.56 Å². The predicted molar refractivity (Wildman–Crippen MR) is 72.2 cm³/mol. The SMILES string of the molecule is O=c1[nH]n(Cc2ccccc2)c(=O)c2ncccc12. The summed E-state index contributed by atoms with van der Waals surface area (Å²) < 4.78 is 1.28. The van der Waals surface area contributed by atoms with Gasteiger partial charge in [-0.2, -0.15) is 0 Å². The maximum Gasteiger partial charge on any atom is 0.292 e. The van der Waals surface area contributed by atoms with Crippen molar-refractivity contribution in [2.75, 3.05) is 0 Å². The number of hydrogen-bond acceptors (Lipinski definition) is 3. The molecule has 2 heterocycles. The molecule has 5 nitrogen and oxygen atoms in total. The van der Waals surface area contributed by atoms with Gasteiger partial charge in [0.05, 0.1) is 11.9 Å². The summed E-state index contributed by atoms with van der Waals surface area (Å²) in [7, 11) is 0. The maximum absolute atomic E-state index is 12.2. The number of fused-ring (bicyclic) bond motifs is 1. The largest absolute Gasteiger partial charge is 0.292 e. The van der Waals surface area contributed by atoms with Crippen molar-refractivity contribution in [3.63, 3.8) is 0 Å². The van der Waals surface area contributed by atoms with Crippen molar-refractivity contribution < 1.29 is 0 Å². The number of aromatic nitrogens is 3. The van der Waals surface area contributed by atoms with Crippen LogP contribution in [-0.4, -0.2) is 14.8 Å². The number of nitrogens with zero attached hydrogens (tertiary/aromatic N) is 2. The van der Waals surface area contributed by atoms with Crippen molar-refractivity contribution in [3.8, 4) is 0 Å². The number of H-pyrrole nitrogens is 1. The van der Waals surface area contributed by atoms with E-state index in [0.29, 0.717) is 11.9 Å². The highest BCUT2D eigenvalue weighted by molar-refractivity contribution is 5.75. The van der Waals surface area contributed by atoms with E-state index in [2.05, 4.69) is 10.1 Å². The van der Waals surface area contributed by atoms with Crippen LogP contribution in [-0.2, 0) is 6.54 Å². The molecule has 0 radical (unpaired) electrons. The van der Waals surface area contributed by atoms with Crippen molar-refractivity contribution in [2.24, 2.45) is 0 Å². The second-order valence-corrected chi connectivity index (χ2v) is 4.22. The van der Waals surface area contributed by atoms with E-state index in [-0.39, 0.29) is 16.6 Å². The molecule has 0 saturated carbocycles. The number of nitrogens with one attached hydrogen (secondary N) is 1. The van der Waals surface area contributed by atoms with Crippen molar-refractivity contribution in [1.29, 1.82) is 0 Å². The van der Waals surface area contributed by atoms with Crippen molar-refractivity contribution >= 4 is 10.9 Å². The van der Waals surface area contributed by atoms with E-state index < -0.39 is 0 Å². The Morgan fingerprint density at radius 3 is 2.63 bits per heavy atom. The van der Waals surface area contributed by atoms with Crippen LogP contribution in [0.25, 0.3) is 10.9 Å². The third-order valence-electron chi connectivity index (χ3n) is 2.92. The molecular weight excluding hydrogens is 242 g/mol. The van der Waals surface area contributed by atoms with Gasteiger partial charge in [0.2, 0.25) is 0 Å². The molecule has 0 bridgehead atoms. The number of rotatable bonds is 2. The minimum atomic E-state index is -0.307. The minimum absolute atomic E-state index is 0.196. The summed E-state index contributed by atoms with van der Waals surface area (Å²) in [5.74, 6) is 0. The average molecular weight is 253 g/mol. The molecule has 0 aliphatic heterocycles. The third kappa shape index (κ3) is 2.06. The first-order valence-corrected chi connectivity index (χ1v) is 5.87. The highest BCUT2D eigenvalue weighted by Crippen LogP contribution is 2.01. The maximum atomic E-state index is 12.2. The molecule has 1 N–H and O–H groups in total. The summed E-state index contributed by atoms with van der Waals surface area (Å²) in [5, 5.41) is 2.89. The predicted octanol–water partition coefficient (Wildman–Crippen LogP) is 1.13. The summed E-state index contributed by atoms with van der Waals surface area (Å²) in [5.41, 5.74) is 0.537. The van der Waals surface area contributed by atoms with Crippen LogP contribution >= 0.6 is 0 Å². The lowest BCUT2D eigenvalue weighted by molar-refractivity contribution is 0.635. The summed E-state index contributed by atoms with van der Waals surface area (Å²) in [4.78, 5) is 28.1. The van der Waals surface area contributed by atoms with Crippen molar-refractivity contribution in [2.45, 2.75) is 6.54 Å². The molecule has 94 valence electrons. The van der Waals surface area contributed by atoms with Crippen LogP contribution in [0.5, 0.6) is 0 Å². The molecule has 19 heavy (non-hydrogen) atoms. The van der Waals surface area contributed by atoms with E-state index >= 15 is 0 Å². The van der Waals surface area contributed by atoms with Crippen molar-refractivity contribution in [1.82, 2.24) is 14.8 Å². The van der Waals surface area contributed by atoms with Crippen LogP contribution in [0, 0.1) is 0 Å². The Bertz CT molecular complexity index is 834. The first-order chi connectivity index (χ1) is 9.25. The van der Waals surface area contributed by atoms with Gasteiger partial charge in [0.1, 0.15) is 5.52 Å². The Balaban J connectivity index is 2.18. The number of pyridine rings is 1. The van der Waals surface area contributed by atoms with E-state index in [9.17, 15) is 9.59 Å². The highest BCUT2D eigenvalue weighted by atomic mass is 16.2. The molecule has 0 unspecified atom stereocenters. The molecule has 3 aromatic rings. The molecule has 0 saturated heterocycles. The van der Waals surface area contributed by atoms with Gasteiger partial charge in [0.25, 0.3) is 11.1 Å². The molecule has 1 aromatic carbocycles.